The largest absolute Gasteiger partial charge is 0.357 e. The van der Waals surface area contributed by atoms with Gasteiger partial charge in [0.15, 0.2) is 5.96 Å². The Bertz CT molecular complexity index is 1160. The third kappa shape index (κ3) is 6.64. The lowest BCUT2D eigenvalue weighted by atomic mass is 10.1. The summed E-state index contributed by atoms with van der Waals surface area (Å²) < 4.78 is 18.1. The highest BCUT2D eigenvalue weighted by atomic mass is 127. The van der Waals surface area contributed by atoms with E-state index in [-0.39, 0.29) is 29.8 Å². The fourth-order valence-electron chi connectivity index (χ4n) is 3.40. The molecular weight excluding hydrogens is 532 g/mol. The maximum absolute atomic E-state index is 14.5. The van der Waals surface area contributed by atoms with E-state index in [4.69, 9.17) is 0 Å². The van der Waals surface area contributed by atoms with Crippen LogP contribution >= 0.6 is 24.0 Å². The van der Waals surface area contributed by atoms with Crippen molar-refractivity contribution in [1.82, 2.24) is 30.0 Å². The van der Waals surface area contributed by atoms with Gasteiger partial charge in [-0.15, -0.1) is 24.0 Å². The summed E-state index contributed by atoms with van der Waals surface area (Å²) >= 11 is 0. The fraction of sp³-hybridized carbons (Fsp3) is 0.208. The van der Waals surface area contributed by atoms with Gasteiger partial charge in [0.1, 0.15) is 5.82 Å². The van der Waals surface area contributed by atoms with Gasteiger partial charge in [0.2, 0.25) is 0 Å². The molecule has 4 rings (SSSR count). The van der Waals surface area contributed by atoms with E-state index >= 15 is 0 Å². The first kappa shape index (κ1) is 24.4. The van der Waals surface area contributed by atoms with E-state index in [1.54, 1.807) is 35.6 Å². The Morgan fingerprint density at radius 2 is 1.88 bits per heavy atom. The maximum Gasteiger partial charge on any atom is 0.191 e. The molecular formula is C24H27FIN7. The highest BCUT2D eigenvalue weighted by Gasteiger charge is 2.07. The van der Waals surface area contributed by atoms with E-state index in [1.807, 2.05) is 42.1 Å². The highest BCUT2D eigenvalue weighted by molar-refractivity contribution is 14.0. The molecule has 0 aliphatic heterocycles. The second-order valence-electron chi connectivity index (χ2n) is 7.28. The van der Waals surface area contributed by atoms with E-state index in [2.05, 4.69) is 37.8 Å². The smallest absolute Gasteiger partial charge is 0.191 e. The van der Waals surface area contributed by atoms with Crippen LogP contribution in [0.4, 0.5) is 4.39 Å². The average molecular weight is 559 g/mol. The van der Waals surface area contributed by atoms with Crippen LogP contribution in [-0.2, 0) is 19.6 Å². The predicted molar refractivity (Wildman–Crippen MR) is 138 cm³/mol. The number of benzene rings is 2. The number of guanidine groups is 1. The van der Waals surface area contributed by atoms with E-state index in [9.17, 15) is 4.39 Å². The van der Waals surface area contributed by atoms with Gasteiger partial charge in [-0.3, -0.25) is 4.68 Å². The Kier molecular flexibility index (Phi) is 8.99. The van der Waals surface area contributed by atoms with Gasteiger partial charge in [-0.25, -0.2) is 14.4 Å². The molecule has 0 saturated heterocycles. The third-order valence-electron chi connectivity index (χ3n) is 5.01. The number of halogens is 2. The normalized spacial score (nSPS) is 11.2. The summed E-state index contributed by atoms with van der Waals surface area (Å²) in [7, 11) is 0. The van der Waals surface area contributed by atoms with E-state index in [0.717, 1.165) is 12.1 Å². The zero-order chi connectivity index (χ0) is 22.2. The van der Waals surface area contributed by atoms with Gasteiger partial charge in [-0.05, 0) is 41.8 Å². The Balaban J connectivity index is 0.00000306. The predicted octanol–water partition coefficient (Wildman–Crippen LogP) is 4.13. The van der Waals surface area contributed by atoms with Gasteiger partial charge in [-0.2, -0.15) is 5.10 Å². The van der Waals surface area contributed by atoms with Crippen molar-refractivity contribution in [3.63, 3.8) is 0 Å². The Morgan fingerprint density at radius 3 is 2.58 bits per heavy atom. The van der Waals surface area contributed by atoms with Crippen LogP contribution in [0.25, 0.3) is 5.69 Å². The Morgan fingerprint density at radius 1 is 1.03 bits per heavy atom. The van der Waals surface area contributed by atoms with E-state index in [0.29, 0.717) is 31.3 Å². The number of nitrogens with zero attached hydrogens (tertiary/aromatic N) is 5. The molecule has 0 saturated carbocycles. The molecule has 0 spiro atoms. The van der Waals surface area contributed by atoms with Crippen LogP contribution in [0.1, 0.15) is 23.6 Å². The number of aromatic nitrogens is 4. The molecule has 0 aliphatic carbocycles. The number of nitrogens with one attached hydrogen (secondary N) is 2. The summed E-state index contributed by atoms with van der Waals surface area (Å²) in [6.45, 7) is 4.45. The Hall–Kier alpha value is -3.21. The maximum atomic E-state index is 14.5. The lowest BCUT2D eigenvalue weighted by molar-refractivity contribution is 0.615. The van der Waals surface area contributed by atoms with Crippen molar-refractivity contribution < 1.29 is 4.39 Å². The number of aliphatic imine (C=N–C) groups is 1. The van der Waals surface area contributed by atoms with Crippen LogP contribution in [-0.4, -0.2) is 31.8 Å². The average Bonchev–Trinajstić information content (AvgIpc) is 3.51. The van der Waals surface area contributed by atoms with Gasteiger partial charge in [-0.1, -0.05) is 30.3 Å². The second-order valence-corrected chi connectivity index (χ2v) is 7.28. The van der Waals surface area contributed by atoms with Gasteiger partial charge in [0, 0.05) is 37.9 Å². The quantitative estimate of drug-likeness (QED) is 0.194. The van der Waals surface area contributed by atoms with E-state index in [1.165, 1.54) is 17.2 Å². The van der Waals surface area contributed by atoms with Crippen LogP contribution in [0.15, 0.2) is 84.6 Å². The summed E-state index contributed by atoms with van der Waals surface area (Å²) in [4.78, 5) is 8.60. The molecule has 2 N–H and O–H groups in total. The molecule has 0 fully saturated rings. The molecule has 0 radical (unpaired) electrons. The van der Waals surface area contributed by atoms with Crippen molar-refractivity contribution in [2.75, 3.05) is 6.54 Å². The summed E-state index contributed by atoms with van der Waals surface area (Å²) in [5.41, 5.74) is 3.62. The molecule has 0 aliphatic rings. The van der Waals surface area contributed by atoms with Gasteiger partial charge < -0.3 is 15.2 Å². The van der Waals surface area contributed by atoms with Gasteiger partial charge in [0.05, 0.1) is 25.1 Å². The number of rotatable bonds is 8. The fourth-order valence-corrected chi connectivity index (χ4v) is 3.40. The van der Waals surface area contributed by atoms with Gasteiger partial charge in [0.25, 0.3) is 0 Å². The van der Waals surface area contributed by atoms with Crippen LogP contribution in [0.3, 0.4) is 0 Å². The third-order valence-corrected chi connectivity index (χ3v) is 5.01. The lowest BCUT2D eigenvalue weighted by Gasteiger charge is -2.14. The van der Waals surface area contributed by atoms with Crippen LogP contribution in [0, 0.1) is 5.82 Å². The molecule has 0 bridgehead atoms. The van der Waals surface area contributed by atoms with Crippen molar-refractivity contribution in [3.8, 4) is 5.69 Å². The molecule has 0 amide bonds. The van der Waals surface area contributed by atoms with Crippen LogP contribution < -0.4 is 10.6 Å². The van der Waals surface area contributed by atoms with Gasteiger partial charge >= 0.3 is 0 Å². The van der Waals surface area contributed by atoms with Crippen molar-refractivity contribution in [2.45, 2.75) is 26.6 Å². The number of imidazole rings is 1. The van der Waals surface area contributed by atoms with Crippen molar-refractivity contribution in [2.24, 2.45) is 4.99 Å². The summed E-state index contributed by atoms with van der Waals surface area (Å²) in [6.07, 6.45) is 8.65. The minimum atomic E-state index is -0.304. The van der Waals surface area contributed by atoms with Crippen molar-refractivity contribution in [3.05, 3.63) is 102 Å². The van der Waals surface area contributed by atoms with E-state index < -0.39 is 0 Å². The first-order valence-corrected chi connectivity index (χ1v) is 10.6. The molecule has 7 nitrogen and oxygen atoms in total. The van der Waals surface area contributed by atoms with Crippen molar-refractivity contribution in [1.29, 1.82) is 0 Å². The molecule has 2 aromatic heterocycles. The number of hydrogen-bond donors (Lipinski definition) is 2. The summed E-state index contributed by atoms with van der Waals surface area (Å²) in [6, 6.07) is 15.3. The highest BCUT2D eigenvalue weighted by Crippen LogP contribution is 2.16. The zero-order valence-corrected chi connectivity index (χ0v) is 20.7. The van der Waals surface area contributed by atoms with Crippen LogP contribution in [0.5, 0.6) is 0 Å². The Labute approximate surface area is 209 Å². The molecule has 0 atom stereocenters. The SMILES string of the molecule is CCNC(=NCc1ccc(-n2ccnc2)c(F)c1)NCc1ccccc1Cn1cccn1.I. The monoisotopic (exact) mass is 559 g/mol. The minimum Gasteiger partial charge on any atom is -0.357 e. The molecule has 2 aromatic carbocycles. The molecule has 4 aromatic rings. The van der Waals surface area contributed by atoms with Crippen molar-refractivity contribution >= 4 is 29.9 Å². The summed E-state index contributed by atoms with van der Waals surface area (Å²) in [5, 5.41) is 10.9. The van der Waals surface area contributed by atoms with Crippen LogP contribution in [0.2, 0.25) is 0 Å². The zero-order valence-electron chi connectivity index (χ0n) is 18.4. The topological polar surface area (TPSA) is 72.1 Å². The summed E-state index contributed by atoms with van der Waals surface area (Å²) in [5.74, 6) is 0.377. The molecule has 0 unspecified atom stereocenters. The standard InChI is InChI=1S/C24H26FN7.HI/c1-2-27-24(28-15-19-8-9-23(22(25)14-19)31-13-11-26-18-31)29-16-20-6-3-4-7-21(20)17-32-12-5-10-30-32;/h3-14,18H,2,15-17H2,1H3,(H2,27,28,29);1H. The lowest BCUT2D eigenvalue weighted by Crippen LogP contribution is -2.37. The number of hydrogen-bond acceptors (Lipinski definition) is 3. The molecule has 9 heteroatoms. The first-order valence-electron chi connectivity index (χ1n) is 10.6. The second kappa shape index (κ2) is 12.1. The molecule has 2 heterocycles. The molecule has 33 heavy (non-hydrogen) atoms. The molecule has 172 valence electrons. The minimum absolute atomic E-state index is 0. The first-order chi connectivity index (χ1) is 15.7.